The van der Waals surface area contributed by atoms with Crippen LogP contribution in [0.4, 0.5) is 0 Å². The van der Waals surface area contributed by atoms with Crippen LogP contribution in [0.3, 0.4) is 0 Å². The zero-order chi connectivity index (χ0) is 17.2. The van der Waals surface area contributed by atoms with Gasteiger partial charge in [0.2, 0.25) is 0 Å². The van der Waals surface area contributed by atoms with Crippen LogP contribution >= 0.6 is 0 Å². The van der Waals surface area contributed by atoms with E-state index in [-0.39, 0.29) is 17.1 Å². The Morgan fingerprint density at radius 3 is 2.65 bits per heavy atom. The summed E-state index contributed by atoms with van der Waals surface area (Å²) in [6.07, 6.45) is 6.27. The smallest absolute Gasteiger partial charge is 0.261 e. The molecule has 0 bridgehead atoms. The number of unbranched alkanes of at least 4 members (excludes halogenated alkanes) is 1. The number of nitrogens with zero attached hydrogens (tertiary/aromatic N) is 1. The Balaban J connectivity index is 2.56. The van der Waals surface area contributed by atoms with Crippen LogP contribution in [0.25, 0.3) is 6.08 Å². The van der Waals surface area contributed by atoms with E-state index in [1.54, 1.807) is 0 Å². The van der Waals surface area contributed by atoms with Gasteiger partial charge in [-0.2, -0.15) is 5.26 Å². The number of phenols is 2. The van der Waals surface area contributed by atoms with Gasteiger partial charge in [-0.15, -0.1) is 0 Å². The lowest BCUT2D eigenvalue weighted by molar-refractivity contribution is -0.117. The van der Waals surface area contributed by atoms with Crippen molar-refractivity contribution < 1.29 is 15.0 Å². The number of carbonyl (C=O) groups excluding carboxylic acids is 1. The predicted molar refractivity (Wildman–Crippen MR) is 89.7 cm³/mol. The Morgan fingerprint density at radius 2 is 2.04 bits per heavy atom. The number of carbonyl (C=O) groups is 1. The van der Waals surface area contributed by atoms with Gasteiger partial charge in [-0.05, 0) is 56.9 Å². The minimum atomic E-state index is -0.442. The van der Waals surface area contributed by atoms with E-state index in [0.717, 1.165) is 19.3 Å². The first-order chi connectivity index (χ1) is 11.0. The summed E-state index contributed by atoms with van der Waals surface area (Å²) in [7, 11) is 0. The molecule has 0 aliphatic rings. The SMILES string of the molecule is CC=C(C)CCCCNC(=O)C(C#N)=Cc1ccc(O)c(O)c1. The third kappa shape index (κ3) is 6.27. The monoisotopic (exact) mass is 314 g/mol. The van der Waals surface area contributed by atoms with E-state index in [1.807, 2.05) is 13.0 Å². The molecule has 0 spiro atoms. The van der Waals surface area contributed by atoms with Crippen molar-refractivity contribution in [3.05, 3.63) is 41.0 Å². The number of nitriles is 1. The number of benzene rings is 1. The normalized spacial score (nSPS) is 11.9. The van der Waals surface area contributed by atoms with E-state index in [4.69, 9.17) is 5.26 Å². The van der Waals surface area contributed by atoms with Crippen LogP contribution in [0.2, 0.25) is 0 Å². The van der Waals surface area contributed by atoms with Crippen molar-refractivity contribution >= 4 is 12.0 Å². The van der Waals surface area contributed by atoms with E-state index < -0.39 is 5.91 Å². The van der Waals surface area contributed by atoms with E-state index in [9.17, 15) is 15.0 Å². The third-order valence-electron chi connectivity index (χ3n) is 3.45. The van der Waals surface area contributed by atoms with Crippen molar-refractivity contribution in [3.63, 3.8) is 0 Å². The van der Waals surface area contributed by atoms with Crippen LogP contribution in [0.1, 0.15) is 38.7 Å². The molecule has 5 nitrogen and oxygen atoms in total. The van der Waals surface area contributed by atoms with Gasteiger partial charge in [-0.3, -0.25) is 4.79 Å². The molecule has 0 aliphatic heterocycles. The molecular formula is C18H22N2O3. The summed E-state index contributed by atoms with van der Waals surface area (Å²) in [6.45, 7) is 4.58. The molecule has 0 aliphatic carbocycles. The molecule has 0 heterocycles. The van der Waals surface area contributed by atoms with Gasteiger partial charge in [-0.25, -0.2) is 0 Å². The maximum Gasteiger partial charge on any atom is 0.261 e. The molecule has 0 fully saturated rings. The maximum absolute atomic E-state index is 12.0. The van der Waals surface area contributed by atoms with E-state index >= 15 is 0 Å². The summed E-state index contributed by atoms with van der Waals surface area (Å²) in [5.74, 6) is -0.986. The minimum Gasteiger partial charge on any atom is -0.504 e. The molecule has 122 valence electrons. The number of allylic oxidation sites excluding steroid dienone is 2. The van der Waals surface area contributed by atoms with Crippen LogP contribution < -0.4 is 5.32 Å². The number of aromatic hydroxyl groups is 2. The Morgan fingerprint density at radius 1 is 1.30 bits per heavy atom. The van der Waals surface area contributed by atoms with Crippen molar-refractivity contribution in [1.82, 2.24) is 5.32 Å². The van der Waals surface area contributed by atoms with Crippen molar-refractivity contribution in [1.29, 1.82) is 5.26 Å². The highest BCUT2D eigenvalue weighted by Gasteiger charge is 2.09. The quantitative estimate of drug-likeness (QED) is 0.237. The second-order valence-electron chi connectivity index (χ2n) is 5.27. The zero-order valence-electron chi connectivity index (χ0n) is 13.5. The average molecular weight is 314 g/mol. The molecule has 0 unspecified atom stereocenters. The lowest BCUT2D eigenvalue weighted by Gasteiger charge is -2.05. The highest BCUT2D eigenvalue weighted by atomic mass is 16.3. The van der Waals surface area contributed by atoms with Gasteiger partial charge in [0.05, 0.1) is 0 Å². The van der Waals surface area contributed by atoms with Gasteiger partial charge in [0.25, 0.3) is 5.91 Å². The summed E-state index contributed by atoms with van der Waals surface area (Å²) in [5.41, 5.74) is 1.75. The van der Waals surface area contributed by atoms with Crippen LogP contribution in [0.15, 0.2) is 35.4 Å². The Labute approximate surface area is 136 Å². The van der Waals surface area contributed by atoms with Crippen LogP contribution in [0, 0.1) is 11.3 Å². The maximum atomic E-state index is 12.0. The Bertz CT molecular complexity index is 655. The fourth-order valence-corrected chi connectivity index (χ4v) is 1.92. The summed E-state index contributed by atoms with van der Waals surface area (Å²) in [4.78, 5) is 12.0. The molecular weight excluding hydrogens is 292 g/mol. The van der Waals surface area contributed by atoms with Crippen LogP contribution in [-0.4, -0.2) is 22.7 Å². The fourth-order valence-electron chi connectivity index (χ4n) is 1.92. The van der Waals surface area contributed by atoms with E-state index in [2.05, 4.69) is 18.3 Å². The molecule has 0 radical (unpaired) electrons. The van der Waals surface area contributed by atoms with E-state index in [0.29, 0.717) is 12.1 Å². The Kier molecular flexibility index (Phi) is 7.41. The molecule has 23 heavy (non-hydrogen) atoms. The molecule has 0 aromatic heterocycles. The van der Waals surface area contributed by atoms with Gasteiger partial charge in [0, 0.05) is 6.54 Å². The minimum absolute atomic E-state index is 0.0419. The van der Waals surface area contributed by atoms with Crippen LogP contribution in [0.5, 0.6) is 11.5 Å². The summed E-state index contributed by atoms with van der Waals surface area (Å²) < 4.78 is 0. The lowest BCUT2D eigenvalue weighted by atomic mass is 10.1. The van der Waals surface area contributed by atoms with E-state index in [1.165, 1.54) is 29.8 Å². The average Bonchev–Trinajstić information content (AvgIpc) is 2.54. The first-order valence-electron chi connectivity index (χ1n) is 7.51. The van der Waals surface area contributed by atoms with Gasteiger partial charge in [-0.1, -0.05) is 17.7 Å². The van der Waals surface area contributed by atoms with Crippen molar-refractivity contribution in [3.8, 4) is 17.6 Å². The van der Waals surface area contributed by atoms with Crippen molar-refractivity contribution in [2.75, 3.05) is 6.54 Å². The number of phenolic OH excluding ortho intramolecular Hbond substituents is 2. The van der Waals surface area contributed by atoms with Gasteiger partial charge < -0.3 is 15.5 Å². The molecule has 0 saturated carbocycles. The standard InChI is InChI=1S/C18H22N2O3/c1-3-13(2)6-4-5-9-20-18(23)15(12-19)10-14-7-8-16(21)17(22)11-14/h3,7-8,10-11,21-22H,4-6,9H2,1-2H3,(H,20,23). The second-order valence-corrected chi connectivity index (χ2v) is 5.27. The molecule has 5 heteroatoms. The second kappa shape index (κ2) is 9.31. The topological polar surface area (TPSA) is 93.4 Å². The number of hydrogen-bond acceptors (Lipinski definition) is 4. The van der Waals surface area contributed by atoms with Crippen molar-refractivity contribution in [2.45, 2.75) is 33.1 Å². The number of nitrogens with one attached hydrogen (secondary N) is 1. The lowest BCUT2D eigenvalue weighted by Crippen LogP contribution is -2.25. The molecule has 1 aromatic carbocycles. The molecule has 0 saturated heterocycles. The first-order valence-corrected chi connectivity index (χ1v) is 7.51. The van der Waals surface area contributed by atoms with Gasteiger partial charge in [0.15, 0.2) is 11.5 Å². The number of amides is 1. The van der Waals surface area contributed by atoms with Crippen molar-refractivity contribution in [2.24, 2.45) is 0 Å². The molecule has 0 atom stereocenters. The highest BCUT2D eigenvalue weighted by Crippen LogP contribution is 2.25. The van der Waals surface area contributed by atoms with Gasteiger partial charge >= 0.3 is 0 Å². The zero-order valence-corrected chi connectivity index (χ0v) is 13.5. The predicted octanol–water partition coefficient (Wildman–Crippen LogP) is 3.26. The number of rotatable bonds is 7. The summed E-state index contributed by atoms with van der Waals surface area (Å²) >= 11 is 0. The highest BCUT2D eigenvalue weighted by molar-refractivity contribution is 6.01. The van der Waals surface area contributed by atoms with Crippen LogP contribution in [-0.2, 0) is 4.79 Å². The third-order valence-corrected chi connectivity index (χ3v) is 3.45. The summed E-state index contributed by atoms with van der Waals surface area (Å²) in [5, 5.41) is 30.5. The van der Waals surface area contributed by atoms with Gasteiger partial charge in [0.1, 0.15) is 11.6 Å². The molecule has 1 amide bonds. The number of hydrogen-bond donors (Lipinski definition) is 3. The molecule has 1 aromatic rings. The fraction of sp³-hybridized carbons (Fsp3) is 0.333. The first kappa shape index (κ1) is 18.3. The molecule has 1 rings (SSSR count). The molecule has 3 N–H and O–H groups in total. The summed E-state index contributed by atoms with van der Waals surface area (Å²) in [6, 6.07) is 5.96. The largest absolute Gasteiger partial charge is 0.504 e. The Hall–Kier alpha value is -2.74.